The summed E-state index contributed by atoms with van der Waals surface area (Å²) in [6.07, 6.45) is 1.79. The fourth-order valence-electron chi connectivity index (χ4n) is 3.33. The Kier molecular flexibility index (Phi) is 4.21. The van der Waals surface area contributed by atoms with Gasteiger partial charge in [-0.1, -0.05) is 6.07 Å². The number of benzene rings is 1. The van der Waals surface area contributed by atoms with E-state index in [9.17, 15) is 4.79 Å². The number of ether oxygens (including phenoxy) is 2. The van der Waals surface area contributed by atoms with Crippen LogP contribution in [0.15, 0.2) is 24.3 Å². The van der Waals surface area contributed by atoms with E-state index in [0.717, 1.165) is 37.4 Å². The second-order valence-electron chi connectivity index (χ2n) is 6.47. The van der Waals surface area contributed by atoms with Gasteiger partial charge in [-0.25, -0.2) is 0 Å². The lowest BCUT2D eigenvalue weighted by Crippen LogP contribution is -2.45. The molecule has 0 radical (unpaired) electrons. The van der Waals surface area contributed by atoms with Crippen LogP contribution in [0.1, 0.15) is 28.9 Å². The number of anilines is 1. The van der Waals surface area contributed by atoms with E-state index >= 15 is 0 Å². The first-order valence-corrected chi connectivity index (χ1v) is 8.67. The van der Waals surface area contributed by atoms with Crippen molar-refractivity contribution in [2.24, 2.45) is 0 Å². The number of carbonyl (C=O) groups is 1. The summed E-state index contributed by atoms with van der Waals surface area (Å²) in [6.45, 7) is 4.74. The second kappa shape index (κ2) is 6.66. The molecule has 2 aromatic rings. The van der Waals surface area contributed by atoms with Gasteiger partial charge in [-0.05, 0) is 31.9 Å². The number of carbonyl (C=O) groups excluding carboxylic acids is 1. The Hall–Kier alpha value is -2.70. The van der Waals surface area contributed by atoms with Crippen molar-refractivity contribution in [3.8, 4) is 11.5 Å². The largest absolute Gasteiger partial charge is 0.486 e. The number of nitrogens with one attached hydrogen (secondary N) is 2. The number of para-hydroxylation sites is 1. The van der Waals surface area contributed by atoms with Gasteiger partial charge in [0, 0.05) is 30.9 Å². The third kappa shape index (κ3) is 3.26. The predicted octanol–water partition coefficient (Wildman–Crippen LogP) is 1.89. The molecule has 0 unspecified atom stereocenters. The maximum Gasteiger partial charge on any atom is 0.255 e. The number of hydrogen-bond donors (Lipinski definition) is 2. The number of nitrogens with zero attached hydrogens (tertiary/aromatic N) is 2. The van der Waals surface area contributed by atoms with Gasteiger partial charge in [0.15, 0.2) is 17.3 Å². The molecule has 2 aliphatic heterocycles. The number of aromatic amines is 1. The molecule has 25 heavy (non-hydrogen) atoms. The lowest BCUT2D eigenvalue weighted by Gasteiger charge is -2.32. The zero-order valence-corrected chi connectivity index (χ0v) is 14.2. The Morgan fingerprint density at radius 2 is 2.08 bits per heavy atom. The van der Waals surface area contributed by atoms with Gasteiger partial charge in [-0.3, -0.25) is 9.89 Å². The third-order valence-electron chi connectivity index (χ3n) is 4.66. The number of H-pyrrole nitrogens is 1. The molecule has 0 atom stereocenters. The van der Waals surface area contributed by atoms with E-state index in [1.807, 2.05) is 25.1 Å². The molecular weight excluding hydrogens is 320 g/mol. The van der Waals surface area contributed by atoms with E-state index < -0.39 is 0 Å². The Labute approximate surface area is 146 Å². The number of rotatable bonds is 3. The molecule has 3 heterocycles. The maximum atomic E-state index is 12.7. The van der Waals surface area contributed by atoms with Gasteiger partial charge >= 0.3 is 0 Å². The second-order valence-corrected chi connectivity index (χ2v) is 6.47. The molecule has 1 saturated heterocycles. The maximum absolute atomic E-state index is 12.7. The molecule has 0 saturated carbocycles. The lowest BCUT2D eigenvalue weighted by molar-refractivity contribution is 0.0920. The molecule has 4 rings (SSSR count). The summed E-state index contributed by atoms with van der Waals surface area (Å²) < 4.78 is 11.2. The highest BCUT2D eigenvalue weighted by atomic mass is 16.6. The number of hydrogen-bond acceptors (Lipinski definition) is 5. The van der Waals surface area contributed by atoms with E-state index in [0.29, 0.717) is 30.3 Å². The summed E-state index contributed by atoms with van der Waals surface area (Å²) in [7, 11) is 0. The van der Waals surface area contributed by atoms with Crippen molar-refractivity contribution in [3.63, 3.8) is 0 Å². The fourth-order valence-corrected chi connectivity index (χ4v) is 3.33. The molecule has 0 aliphatic carbocycles. The zero-order valence-electron chi connectivity index (χ0n) is 14.2. The summed E-state index contributed by atoms with van der Waals surface area (Å²) in [5.74, 6) is 2.07. The summed E-state index contributed by atoms with van der Waals surface area (Å²) in [4.78, 5) is 14.9. The number of piperidine rings is 1. The standard InChI is InChI=1S/C18H22N4O3/c1-12-11-16(21-20-12)22-7-5-13(6-8-22)19-18(23)14-3-2-4-15-17(14)25-10-9-24-15/h2-4,11,13H,5-10H2,1H3,(H,19,23)(H,20,21). The van der Waals surface area contributed by atoms with Crippen molar-refractivity contribution in [1.29, 1.82) is 0 Å². The SMILES string of the molecule is Cc1cc(N2CCC(NC(=O)c3cccc4c3OCCO4)CC2)n[nH]1. The molecular formula is C18H22N4O3. The number of fused-ring (bicyclic) bond motifs is 1. The number of amides is 1. The molecule has 1 aromatic carbocycles. The summed E-state index contributed by atoms with van der Waals surface area (Å²) >= 11 is 0. The van der Waals surface area contributed by atoms with Gasteiger partial charge in [0.2, 0.25) is 0 Å². The summed E-state index contributed by atoms with van der Waals surface area (Å²) in [5, 5.41) is 10.4. The quantitative estimate of drug-likeness (QED) is 0.890. The van der Waals surface area contributed by atoms with Crippen LogP contribution in [0.4, 0.5) is 5.82 Å². The van der Waals surface area contributed by atoms with E-state index in [1.54, 1.807) is 6.07 Å². The van der Waals surface area contributed by atoms with E-state index in [4.69, 9.17) is 9.47 Å². The highest BCUT2D eigenvalue weighted by Gasteiger charge is 2.25. The van der Waals surface area contributed by atoms with E-state index in [2.05, 4.69) is 20.4 Å². The van der Waals surface area contributed by atoms with Crippen molar-refractivity contribution < 1.29 is 14.3 Å². The van der Waals surface area contributed by atoms with Crippen LogP contribution in [0.25, 0.3) is 0 Å². The highest BCUT2D eigenvalue weighted by Crippen LogP contribution is 2.33. The van der Waals surface area contributed by atoms with Crippen LogP contribution in [0.2, 0.25) is 0 Å². The topological polar surface area (TPSA) is 79.5 Å². The average molecular weight is 342 g/mol. The van der Waals surface area contributed by atoms with Gasteiger partial charge in [0.25, 0.3) is 5.91 Å². The van der Waals surface area contributed by atoms with Crippen LogP contribution in [-0.4, -0.2) is 48.4 Å². The van der Waals surface area contributed by atoms with Gasteiger partial charge in [0.1, 0.15) is 13.2 Å². The molecule has 1 amide bonds. The van der Waals surface area contributed by atoms with Crippen molar-refractivity contribution >= 4 is 11.7 Å². The molecule has 2 aliphatic rings. The molecule has 132 valence electrons. The Balaban J connectivity index is 1.38. The van der Waals surface area contributed by atoms with Crippen LogP contribution < -0.4 is 19.7 Å². The number of aromatic nitrogens is 2. The molecule has 7 heteroatoms. The number of aryl methyl sites for hydroxylation is 1. The monoisotopic (exact) mass is 342 g/mol. The van der Waals surface area contributed by atoms with Gasteiger partial charge < -0.3 is 19.7 Å². The van der Waals surface area contributed by atoms with Crippen molar-refractivity contribution in [1.82, 2.24) is 15.5 Å². The van der Waals surface area contributed by atoms with Gasteiger partial charge in [-0.15, -0.1) is 0 Å². The molecule has 0 bridgehead atoms. The Morgan fingerprint density at radius 3 is 2.84 bits per heavy atom. The Morgan fingerprint density at radius 1 is 1.28 bits per heavy atom. The van der Waals surface area contributed by atoms with Crippen LogP contribution in [0, 0.1) is 6.92 Å². The molecule has 1 fully saturated rings. The highest BCUT2D eigenvalue weighted by molar-refractivity contribution is 5.98. The zero-order chi connectivity index (χ0) is 17.2. The Bertz CT molecular complexity index is 765. The smallest absolute Gasteiger partial charge is 0.255 e. The van der Waals surface area contributed by atoms with E-state index in [1.165, 1.54) is 0 Å². The van der Waals surface area contributed by atoms with E-state index in [-0.39, 0.29) is 11.9 Å². The first-order valence-electron chi connectivity index (χ1n) is 8.67. The average Bonchev–Trinajstić information content (AvgIpc) is 3.08. The van der Waals surface area contributed by atoms with Gasteiger partial charge in [0.05, 0.1) is 5.56 Å². The first kappa shape index (κ1) is 15.8. The minimum atomic E-state index is -0.101. The predicted molar refractivity (Wildman–Crippen MR) is 93.5 cm³/mol. The minimum Gasteiger partial charge on any atom is -0.486 e. The van der Waals surface area contributed by atoms with Crippen LogP contribution >= 0.6 is 0 Å². The summed E-state index contributed by atoms with van der Waals surface area (Å²) in [5.41, 5.74) is 1.60. The van der Waals surface area contributed by atoms with Crippen LogP contribution in [-0.2, 0) is 0 Å². The molecule has 1 aromatic heterocycles. The lowest BCUT2D eigenvalue weighted by atomic mass is 10.0. The van der Waals surface area contributed by atoms with Crippen LogP contribution in [0.3, 0.4) is 0 Å². The fraction of sp³-hybridized carbons (Fsp3) is 0.444. The first-order chi connectivity index (χ1) is 12.2. The van der Waals surface area contributed by atoms with Gasteiger partial charge in [-0.2, -0.15) is 5.10 Å². The molecule has 7 nitrogen and oxygen atoms in total. The minimum absolute atomic E-state index is 0.101. The summed E-state index contributed by atoms with van der Waals surface area (Å²) in [6, 6.07) is 7.64. The normalized spacial score (nSPS) is 17.4. The third-order valence-corrected chi connectivity index (χ3v) is 4.66. The molecule has 2 N–H and O–H groups in total. The van der Waals surface area contributed by atoms with Crippen molar-refractivity contribution in [2.75, 3.05) is 31.2 Å². The van der Waals surface area contributed by atoms with Crippen molar-refractivity contribution in [3.05, 3.63) is 35.5 Å². The van der Waals surface area contributed by atoms with Crippen molar-refractivity contribution in [2.45, 2.75) is 25.8 Å². The molecule has 0 spiro atoms. The van der Waals surface area contributed by atoms with Crippen LogP contribution in [0.5, 0.6) is 11.5 Å².